The second-order valence-electron chi connectivity index (χ2n) is 18.7. The summed E-state index contributed by atoms with van der Waals surface area (Å²) in [6.45, 7) is 0. The van der Waals surface area contributed by atoms with Gasteiger partial charge < -0.3 is 21.2 Å². The Kier molecular flexibility index (Phi) is 33.5. The molecule has 0 aliphatic carbocycles. The molecule has 0 aliphatic heterocycles. The molecule has 100 heavy (non-hydrogen) atoms. The van der Waals surface area contributed by atoms with Crippen LogP contribution < -0.4 is 74.5 Å². The molecule has 0 fully saturated rings. The van der Waals surface area contributed by atoms with Crippen LogP contribution in [-0.2, 0) is 45.3 Å². The smallest absolute Gasteiger partial charge is 0.412 e. The first-order valence-corrected chi connectivity index (χ1v) is 31.6. The molecule has 0 amide bonds. The fourth-order valence-electron chi connectivity index (χ4n) is 8.55. The zero-order valence-electron chi connectivity index (χ0n) is 50.3. The third kappa shape index (κ3) is 27.4. The van der Waals surface area contributed by atoms with Crippen molar-refractivity contribution in [2.24, 2.45) is 0 Å². The van der Waals surface area contributed by atoms with E-state index in [0.717, 1.165) is 0 Å². The number of halogens is 4. The van der Waals surface area contributed by atoms with Gasteiger partial charge in [0.05, 0.1) is 102 Å². The molecule has 2 radical (unpaired) electrons. The Bertz CT molecular complexity index is 3650. The Morgan fingerprint density at radius 2 is 0.320 bits per heavy atom. The van der Waals surface area contributed by atoms with Gasteiger partial charge >= 0.3 is 34.1 Å². The largest absolute Gasteiger partial charge is 2.00 e. The molecule has 0 atom stereocenters. The van der Waals surface area contributed by atoms with Crippen LogP contribution >= 0.6 is 0 Å². The average Bonchev–Trinajstić information content (AvgIpc) is 0.761. The molecule has 12 rings (SSSR count). The van der Waals surface area contributed by atoms with Crippen molar-refractivity contribution in [1.29, 1.82) is 0 Å². The normalized spacial score (nSPS) is 11.0. The number of pyridine rings is 12. The first-order chi connectivity index (χ1) is 45.4. The summed E-state index contributed by atoms with van der Waals surface area (Å²) in [5.74, 6) is 0. The zero-order valence-corrected chi connectivity index (χ0v) is 55.7. The van der Waals surface area contributed by atoms with Gasteiger partial charge in [-0.1, -0.05) is 72.8 Å². The van der Waals surface area contributed by atoms with Crippen LogP contribution in [0.15, 0.2) is 256 Å². The topological polar surface area (TPSA) is 627 Å². The Morgan fingerprint density at radius 3 is 0.430 bits per heavy atom. The summed E-state index contributed by atoms with van der Waals surface area (Å²) < 4.78 is 136. The standard InChI is InChI=1S/2C31H22N6O.4ClHO4.2Mn.2H2O/c2*38-31(28-16-7-13-25(35-28)22-10-1-4-19-32-22,29-17-8-14-26(36-29)23-11-2-5-20-33-23)30-18-9-15-27(37-30)24-12-3-6-21-34-24;4*2-1(3,4)5;;;;/h2*1-21,38H;4*(H,2,3,4,5);;;2*1H2/q;;;;;;2*+2;;/p-4. The van der Waals surface area contributed by atoms with Crippen molar-refractivity contribution < 1.29 is 171 Å². The fourth-order valence-corrected chi connectivity index (χ4v) is 8.55. The van der Waals surface area contributed by atoms with Gasteiger partial charge in [-0.2, -0.15) is 0 Å². The van der Waals surface area contributed by atoms with E-state index in [-0.39, 0.29) is 45.1 Å². The third-order valence-corrected chi connectivity index (χ3v) is 12.3. The van der Waals surface area contributed by atoms with Gasteiger partial charge in [0.25, 0.3) is 0 Å². The van der Waals surface area contributed by atoms with E-state index in [1.807, 2.05) is 182 Å². The van der Waals surface area contributed by atoms with Crippen molar-refractivity contribution in [3.05, 3.63) is 290 Å². The van der Waals surface area contributed by atoms with E-state index in [1.165, 1.54) is 0 Å². The van der Waals surface area contributed by atoms with Gasteiger partial charge in [-0.05, 0) is 146 Å². The SMILES string of the molecule is O.O.OC(c1cccc(-c2ccccn2)n1)(c1cccc(-c2ccccn2)n1)c1cccc(-c2ccccn2)n1.OC(c1cccc(-c2ccccn2)n1)(c1cccc(-c2ccccn2)n1)c1cccc(-c2ccccn2)n1.[Mn+2].[Mn+2].[O-][Cl+3]([O-])([O-])[O-].[O-][Cl+3]([O-])([O-])[O-].[O-][Cl+3]([O-])([O-])[O-].[O-][Cl+3]([O-])([O-])[O-]. The molecule has 32 nitrogen and oxygen atoms in total. The molecule has 38 heteroatoms. The van der Waals surface area contributed by atoms with Gasteiger partial charge in [-0.25, -0.2) is 104 Å². The van der Waals surface area contributed by atoms with Gasteiger partial charge in [-0.3, -0.25) is 29.9 Å². The fraction of sp³-hybridized carbons (Fsp3) is 0.0323. The van der Waals surface area contributed by atoms with Crippen molar-refractivity contribution >= 4 is 0 Å². The maximum atomic E-state index is 12.6. The summed E-state index contributed by atoms with van der Waals surface area (Å²) in [4.78, 5) is 55.7. The average molecular weight is 1530 g/mol. The Balaban J connectivity index is 0.000000397. The van der Waals surface area contributed by atoms with Crippen molar-refractivity contribution in [3.63, 3.8) is 0 Å². The Morgan fingerprint density at radius 1 is 0.200 bits per heavy atom. The van der Waals surface area contributed by atoms with Crippen LogP contribution in [0.5, 0.6) is 0 Å². The minimum Gasteiger partial charge on any atom is -0.412 e. The van der Waals surface area contributed by atoms with Crippen LogP contribution in [-0.4, -0.2) is 81.0 Å². The second-order valence-corrected chi connectivity index (χ2v) is 21.7. The first-order valence-electron chi connectivity index (χ1n) is 26.7. The predicted molar refractivity (Wildman–Crippen MR) is 296 cm³/mol. The summed E-state index contributed by atoms with van der Waals surface area (Å²) in [6, 6.07) is 66.7. The number of rotatable bonds is 12. The molecule has 0 spiro atoms. The summed E-state index contributed by atoms with van der Waals surface area (Å²) in [6.07, 6.45) is 10.3. The number of hydrogen-bond acceptors (Lipinski definition) is 30. The number of hydrogen-bond donors (Lipinski definition) is 2. The summed E-state index contributed by atoms with van der Waals surface area (Å²) in [5.41, 5.74) is 6.63. The van der Waals surface area contributed by atoms with Crippen LogP contribution in [0.4, 0.5) is 0 Å². The number of aromatic nitrogens is 12. The van der Waals surface area contributed by atoms with Crippen LogP contribution in [0.2, 0.25) is 0 Å². The van der Waals surface area contributed by atoms with Crippen molar-refractivity contribution in [2.75, 3.05) is 0 Å². The molecule has 6 N–H and O–H groups in total. The van der Waals surface area contributed by atoms with Gasteiger partial charge in [-0.15, -0.1) is 41.0 Å². The summed E-state index contributed by atoms with van der Waals surface area (Å²) in [5, 5.41) is 25.2. The van der Waals surface area contributed by atoms with E-state index in [9.17, 15) is 10.2 Å². The van der Waals surface area contributed by atoms with Crippen LogP contribution in [0.25, 0.3) is 68.3 Å². The number of nitrogens with zero attached hydrogens (tertiary/aromatic N) is 12. The van der Waals surface area contributed by atoms with Crippen LogP contribution in [0.1, 0.15) is 34.2 Å². The van der Waals surface area contributed by atoms with E-state index in [2.05, 4.69) is 29.9 Å². The van der Waals surface area contributed by atoms with Crippen LogP contribution in [0, 0.1) is 41.0 Å². The Labute approximate surface area is 596 Å². The van der Waals surface area contributed by atoms with E-state index in [0.29, 0.717) is 102 Å². The molecular formula is C62H48Cl4Mn2N12O20. The minimum atomic E-state index is -4.94. The molecule has 0 bridgehead atoms. The molecule has 12 aromatic heterocycles. The molecule has 0 saturated carbocycles. The molecule has 0 saturated heterocycles. The quantitative estimate of drug-likeness (QED) is 0.107. The molecule has 12 aromatic rings. The van der Waals surface area contributed by atoms with Gasteiger partial charge in [0.15, 0.2) is 11.2 Å². The van der Waals surface area contributed by atoms with E-state index in [4.69, 9.17) is 104 Å². The molecule has 0 aliphatic rings. The molecule has 0 aromatic carbocycles. The third-order valence-electron chi connectivity index (χ3n) is 12.3. The van der Waals surface area contributed by atoms with Gasteiger partial charge in [0.1, 0.15) is 0 Å². The van der Waals surface area contributed by atoms with E-state index in [1.54, 1.807) is 73.6 Å². The zero-order chi connectivity index (χ0) is 69.6. The van der Waals surface area contributed by atoms with Crippen molar-refractivity contribution in [3.8, 4) is 68.3 Å². The van der Waals surface area contributed by atoms with Gasteiger partial charge in [0.2, 0.25) is 0 Å². The monoisotopic (exact) mass is 1530 g/mol. The molecule has 0 unspecified atom stereocenters. The van der Waals surface area contributed by atoms with Crippen molar-refractivity contribution in [2.45, 2.75) is 11.2 Å². The molecule has 518 valence electrons. The molecular weight excluding hydrogens is 1480 g/mol. The van der Waals surface area contributed by atoms with Crippen LogP contribution in [0.3, 0.4) is 0 Å². The summed E-state index contributed by atoms with van der Waals surface area (Å²) >= 11 is 0. The maximum Gasteiger partial charge on any atom is 2.00 e. The number of aliphatic hydroxyl groups is 2. The minimum absolute atomic E-state index is 0. The van der Waals surface area contributed by atoms with Gasteiger partial charge in [0, 0.05) is 37.2 Å². The summed E-state index contributed by atoms with van der Waals surface area (Å²) in [7, 11) is -19.8. The Hall–Kier alpha value is -8.80. The second kappa shape index (κ2) is 39.3. The van der Waals surface area contributed by atoms with E-state index >= 15 is 0 Å². The molecule has 12 heterocycles. The maximum absolute atomic E-state index is 12.6. The van der Waals surface area contributed by atoms with E-state index < -0.39 is 52.2 Å². The van der Waals surface area contributed by atoms with Crippen molar-refractivity contribution in [1.82, 2.24) is 59.8 Å². The predicted octanol–water partition coefficient (Wildman–Crippen LogP) is -9.99. The first kappa shape index (κ1) is 85.4.